The molecule has 0 aliphatic rings. The fraction of sp³-hybridized carbons (Fsp3) is 0.538. The molecule has 1 aromatic rings. The Morgan fingerprint density at radius 3 is 2.56 bits per heavy atom. The van der Waals surface area contributed by atoms with Gasteiger partial charge in [-0.05, 0) is 43.4 Å². The lowest BCUT2D eigenvalue weighted by molar-refractivity contribution is 0.450. The van der Waals surface area contributed by atoms with Crippen LogP contribution in [0.15, 0.2) is 24.3 Å². The summed E-state index contributed by atoms with van der Waals surface area (Å²) >= 11 is 0. The molecule has 1 aromatic carbocycles. The first-order chi connectivity index (χ1) is 7.63. The molecule has 0 radical (unpaired) electrons. The molecule has 2 unspecified atom stereocenters. The number of hydrogen-bond acceptors (Lipinski definition) is 3. The summed E-state index contributed by atoms with van der Waals surface area (Å²) in [5, 5.41) is 9.61. The predicted molar refractivity (Wildman–Crippen MR) is 67.2 cm³/mol. The Balaban J connectivity index is 2.40. The third-order valence-electron chi connectivity index (χ3n) is 2.91. The van der Waals surface area contributed by atoms with E-state index in [4.69, 9.17) is 11.5 Å². The third-order valence-corrected chi connectivity index (χ3v) is 2.91. The van der Waals surface area contributed by atoms with Crippen molar-refractivity contribution in [1.29, 1.82) is 0 Å². The summed E-state index contributed by atoms with van der Waals surface area (Å²) in [4.78, 5) is 0. The highest BCUT2D eigenvalue weighted by Gasteiger charge is 2.09. The van der Waals surface area contributed by atoms with Crippen LogP contribution in [0, 0.1) is 5.92 Å². The first-order valence-corrected chi connectivity index (χ1v) is 5.86. The molecule has 0 amide bonds. The first-order valence-electron chi connectivity index (χ1n) is 5.86. The van der Waals surface area contributed by atoms with E-state index in [1.165, 1.54) is 0 Å². The first kappa shape index (κ1) is 13.0. The van der Waals surface area contributed by atoms with Crippen LogP contribution in [-0.4, -0.2) is 17.7 Å². The summed E-state index contributed by atoms with van der Waals surface area (Å²) < 4.78 is 0. The lowest BCUT2D eigenvalue weighted by atomic mass is 9.97. The van der Waals surface area contributed by atoms with Gasteiger partial charge in [-0.25, -0.2) is 0 Å². The number of phenolic OH excluding ortho intramolecular Hbond substituents is 1. The molecule has 3 nitrogen and oxygen atoms in total. The molecule has 0 aliphatic heterocycles. The lowest BCUT2D eigenvalue weighted by Gasteiger charge is -2.15. The molecule has 0 saturated heterocycles. The molecule has 0 fully saturated rings. The molecule has 5 N–H and O–H groups in total. The van der Waals surface area contributed by atoms with Crippen LogP contribution in [0.5, 0.6) is 5.75 Å². The highest BCUT2D eigenvalue weighted by atomic mass is 16.3. The van der Waals surface area contributed by atoms with Gasteiger partial charge in [0.05, 0.1) is 0 Å². The summed E-state index contributed by atoms with van der Waals surface area (Å²) in [5.41, 5.74) is 12.5. The topological polar surface area (TPSA) is 72.3 Å². The van der Waals surface area contributed by atoms with Crippen LogP contribution in [0.4, 0.5) is 0 Å². The molecule has 90 valence electrons. The Morgan fingerprint density at radius 2 is 1.94 bits per heavy atom. The summed E-state index contributed by atoms with van der Waals surface area (Å²) in [7, 11) is 0. The Kier molecular flexibility index (Phi) is 5.29. The molecule has 0 aromatic heterocycles. The number of benzene rings is 1. The second-order valence-corrected chi connectivity index (χ2v) is 4.51. The van der Waals surface area contributed by atoms with Gasteiger partial charge in [-0.2, -0.15) is 0 Å². The van der Waals surface area contributed by atoms with Gasteiger partial charge in [-0.3, -0.25) is 0 Å². The highest BCUT2D eigenvalue weighted by molar-refractivity contribution is 5.32. The van der Waals surface area contributed by atoms with Gasteiger partial charge in [-0.1, -0.05) is 25.1 Å². The monoisotopic (exact) mass is 222 g/mol. The zero-order valence-corrected chi connectivity index (χ0v) is 9.89. The van der Waals surface area contributed by atoms with Gasteiger partial charge >= 0.3 is 0 Å². The molecular formula is C13H22N2O. The van der Waals surface area contributed by atoms with Crippen LogP contribution in [0.2, 0.25) is 0 Å². The Hall–Kier alpha value is -1.06. The Labute approximate surface area is 97.5 Å². The summed E-state index contributed by atoms with van der Waals surface area (Å²) in [6.45, 7) is 2.84. The normalized spacial score (nSPS) is 14.7. The predicted octanol–water partition coefficient (Wildman–Crippen LogP) is 1.64. The van der Waals surface area contributed by atoms with Crippen LogP contribution in [0.3, 0.4) is 0 Å². The van der Waals surface area contributed by atoms with Crippen molar-refractivity contribution in [3.05, 3.63) is 29.8 Å². The van der Waals surface area contributed by atoms with Gasteiger partial charge in [-0.15, -0.1) is 0 Å². The largest absolute Gasteiger partial charge is 0.508 e. The minimum Gasteiger partial charge on any atom is -0.508 e. The SMILES string of the molecule is CC(CN)CCC(N)Cc1ccccc1O. The number of aromatic hydroxyl groups is 1. The molecular weight excluding hydrogens is 200 g/mol. The maximum atomic E-state index is 9.61. The molecule has 3 heteroatoms. The number of para-hydroxylation sites is 1. The van der Waals surface area contributed by atoms with E-state index in [-0.39, 0.29) is 6.04 Å². The van der Waals surface area contributed by atoms with Crippen molar-refractivity contribution >= 4 is 0 Å². The number of phenols is 1. The quantitative estimate of drug-likeness (QED) is 0.685. The smallest absolute Gasteiger partial charge is 0.118 e. The average molecular weight is 222 g/mol. The molecule has 0 saturated carbocycles. The zero-order valence-electron chi connectivity index (χ0n) is 9.89. The van der Waals surface area contributed by atoms with Gasteiger partial charge < -0.3 is 16.6 Å². The standard InChI is InChI=1S/C13H22N2O/c1-10(9-14)6-7-12(15)8-11-4-2-3-5-13(11)16/h2-5,10,12,16H,6-9,14-15H2,1H3. The minimum atomic E-state index is 0.0994. The number of hydrogen-bond donors (Lipinski definition) is 3. The van der Waals surface area contributed by atoms with E-state index in [1.807, 2.05) is 18.2 Å². The van der Waals surface area contributed by atoms with Crippen molar-refractivity contribution in [2.45, 2.75) is 32.2 Å². The fourth-order valence-electron chi connectivity index (χ4n) is 1.68. The maximum absolute atomic E-state index is 9.61. The van der Waals surface area contributed by atoms with E-state index in [0.29, 0.717) is 18.2 Å². The molecule has 2 atom stereocenters. The molecule has 0 bridgehead atoms. The van der Waals surface area contributed by atoms with Gasteiger partial charge in [0, 0.05) is 6.04 Å². The van der Waals surface area contributed by atoms with Crippen LogP contribution < -0.4 is 11.5 Å². The van der Waals surface area contributed by atoms with E-state index >= 15 is 0 Å². The Morgan fingerprint density at radius 1 is 1.25 bits per heavy atom. The van der Waals surface area contributed by atoms with Crippen LogP contribution in [-0.2, 0) is 6.42 Å². The zero-order chi connectivity index (χ0) is 12.0. The summed E-state index contributed by atoms with van der Waals surface area (Å²) in [6.07, 6.45) is 2.72. The summed E-state index contributed by atoms with van der Waals surface area (Å²) in [6, 6.07) is 7.46. The maximum Gasteiger partial charge on any atom is 0.118 e. The van der Waals surface area contributed by atoms with E-state index in [9.17, 15) is 5.11 Å². The summed E-state index contributed by atoms with van der Waals surface area (Å²) in [5.74, 6) is 0.861. The van der Waals surface area contributed by atoms with Crippen LogP contribution in [0.1, 0.15) is 25.3 Å². The number of nitrogens with two attached hydrogens (primary N) is 2. The van der Waals surface area contributed by atoms with E-state index in [0.717, 1.165) is 24.8 Å². The minimum absolute atomic E-state index is 0.0994. The molecule has 16 heavy (non-hydrogen) atoms. The van der Waals surface area contributed by atoms with E-state index < -0.39 is 0 Å². The third kappa shape index (κ3) is 4.21. The van der Waals surface area contributed by atoms with Crippen LogP contribution in [0.25, 0.3) is 0 Å². The molecule has 0 spiro atoms. The Bertz CT molecular complexity index is 315. The fourth-order valence-corrected chi connectivity index (χ4v) is 1.68. The molecule has 0 heterocycles. The lowest BCUT2D eigenvalue weighted by Crippen LogP contribution is -2.24. The highest BCUT2D eigenvalue weighted by Crippen LogP contribution is 2.18. The average Bonchev–Trinajstić information content (AvgIpc) is 2.29. The second kappa shape index (κ2) is 6.51. The van der Waals surface area contributed by atoms with Crippen molar-refractivity contribution in [3.63, 3.8) is 0 Å². The van der Waals surface area contributed by atoms with Crippen molar-refractivity contribution in [2.24, 2.45) is 17.4 Å². The van der Waals surface area contributed by atoms with Gasteiger partial charge in [0.25, 0.3) is 0 Å². The molecule has 0 aliphatic carbocycles. The van der Waals surface area contributed by atoms with Crippen molar-refractivity contribution in [1.82, 2.24) is 0 Å². The van der Waals surface area contributed by atoms with Crippen molar-refractivity contribution in [3.8, 4) is 5.75 Å². The van der Waals surface area contributed by atoms with E-state index in [1.54, 1.807) is 6.07 Å². The van der Waals surface area contributed by atoms with Gasteiger partial charge in [0.15, 0.2) is 0 Å². The second-order valence-electron chi connectivity index (χ2n) is 4.51. The van der Waals surface area contributed by atoms with E-state index in [2.05, 4.69) is 6.92 Å². The van der Waals surface area contributed by atoms with Gasteiger partial charge in [0.2, 0.25) is 0 Å². The number of rotatable bonds is 6. The van der Waals surface area contributed by atoms with Crippen molar-refractivity contribution in [2.75, 3.05) is 6.54 Å². The molecule has 1 rings (SSSR count). The van der Waals surface area contributed by atoms with Crippen LogP contribution >= 0.6 is 0 Å². The van der Waals surface area contributed by atoms with Crippen molar-refractivity contribution < 1.29 is 5.11 Å². The van der Waals surface area contributed by atoms with Gasteiger partial charge in [0.1, 0.15) is 5.75 Å².